The molecule has 0 spiro atoms. The Hall–Kier alpha value is -2.49. The lowest BCUT2D eigenvalue weighted by Gasteiger charge is -2.10. The predicted octanol–water partition coefficient (Wildman–Crippen LogP) is 3.62. The number of amides is 1. The van der Waals surface area contributed by atoms with Gasteiger partial charge in [-0.2, -0.15) is 5.10 Å². The van der Waals surface area contributed by atoms with E-state index in [1.807, 2.05) is 44.2 Å². The molecule has 0 unspecified atom stereocenters. The summed E-state index contributed by atoms with van der Waals surface area (Å²) in [5.74, 6) is -0.720. The van der Waals surface area contributed by atoms with Gasteiger partial charge in [0, 0.05) is 5.56 Å². The molecule has 0 heterocycles. The van der Waals surface area contributed by atoms with Gasteiger partial charge in [0.2, 0.25) is 0 Å². The number of hydrogen-bond donors (Lipinski definition) is 1. The summed E-state index contributed by atoms with van der Waals surface area (Å²) in [6, 6.07) is 15.2. The van der Waals surface area contributed by atoms with Gasteiger partial charge in [-0.25, -0.2) is 9.82 Å². The number of hydrogen-bond acceptors (Lipinski definition) is 2. The Bertz CT molecular complexity index is 651. The van der Waals surface area contributed by atoms with Gasteiger partial charge < -0.3 is 0 Å². The fourth-order valence-electron chi connectivity index (χ4n) is 1.94. The van der Waals surface area contributed by atoms with Gasteiger partial charge in [-0.1, -0.05) is 50.2 Å². The van der Waals surface area contributed by atoms with Crippen LogP contribution in [0.3, 0.4) is 0 Å². The highest BCUT2D eigenvalue weighted by atomic mass is 19.1. The van der Waals surface area contributed by atoms with Gasteiger partial charge in [0.25, 0.3) is 5.91 Å². The van der Waals surface area contributed by atoms with E-state index in [-0.39, 0.29) is 11.5 Å². The van der Waals surface area contributed by atoms with Crippen LogP contribution in [0.1, 0.15) is 29.8 Å². The third-order valence-electron chi connectivity index (χ3n) is 2.98. The van der Waals surface area contributed by atoms with Crippen molar-refractivity contribution in [2.75, 3.05) is 0 Å². The second kappa shape index (κ2) is 6.79. The van der Waals surface area contributed by atoms with Crippen LogP contribution in [0, 0.1) is 11.7 Å². The monoisotopic (exact) mass is 284 g/mol. The van der Waals surface area contributed by atoms with Crippen molar-refractivity contribution < 1.29 is 9.18 Å². The minimum absolute atomic E-state index is 0.153. The van der Waals surface area contributed by atoms with Crippen LogP contribution in [-0.2, 0) is 0 Å². The Morgan fingerprint density at radius 1 is 1.05 bits per heavy atom. The molecule has 2 aromatic carbocycles. The third kappa shape index (κ3) is 3.99. The van der Waals surface area contributed by atoms with Crippen molar-refractivity contribution in [1.29, 1.82) is 0 Å². The first-order valence-electron chi connectivity index (χ1n) is 6.77. The number of carbonyl (C=O) groups is 1. The molecule has 0 atom stereocenters. The number of hydrazone groups is 1. The Morgan fingerprint density at radius 3 is 2.33 bits per heavy atom. The SMILES string of the molecule is CC(C)/C(=N/NC(=O)c1cccc(F)c1)c1ccccc1. The number of nitrogens with zero attached hydrogens (tertiary/aromatic N) is 1. The molecular formula is C17H17FN2O. The lowest BCUT2D eigenvalue weighted by Crippen LogP contribution is -2.22. The predicted molar refractivity (Wildman–Crippen MR) is 81.7 cm³/mol. The third-order valence-corrected chi connectivity index (χ3v) is 2.98. The van der Waals surface area contributed by atoms with Crippen LogP contribution in [0.2, 0.25) is 0 Å². The van der Waals surface area contributed by atoms with Crippen molar-refractivity contribution in [3.8, 4) is 0 Å². The molecule has 0 aromatic heterocycles. The summed E-state index contributed by atoms with van der Waals surface area (Å²) in [6.45, 7) is 4.00. The number of carbonyl (C=O) groups excluding carboxylic acids is 1. The molecule has 21 heavy (non-hydrogen) atoms. The summed E-state index contributed by atoms with van der Waals surface area (Å²) in [5, 5.41) is 4.19. The van der Waals surface area contributed by atoms with Crippen molar-refractivity contribution >= 4 is 11.6 Å². The molecule has 2 rings (SSSR count). The fourth-order valence-corrected chi connectivity index (χ4v) is 1.94. The molecule has 4 heteroatoms. The van der Waals surface area contributed by atoms with Crippen molar-refractivity contribution in [2.24, 2.45) is 11.0 Å². The Balaban J connectivity index is 2.19. The Kier molecular flexibility index (Phi) is 4.82. The lowest BCUT2D eigenvalue weighted by atomic mass is 10.0. The molecule has 2 aromatic rings. The summed E-state index contributed by atoms with van der Waals surface area (Å²) in [5.41, 5.74) is 4.46. The minimum Gasteiger partial charge on any atom is -0.267 e. The molecule has 0 aliphatic heterocycles. The van der Waals surface area contributed by atoms with Gasteiger partial charge in [0.1, 0.15) is 5.82 Å². The minimum atomic E-state index is -0.446. The van der Waals surface area contributed by atoms with Crippen molar-refractivity contribution in [3.63, 3.8) is 0 Å². The van der Waals surface area contributed by atoms with Gasteiger partial charge in [0.15, 0.2) is 0 Å². The molecule has 3 nitrogen and oxygen atoms in total. The molecule has 0 bridgehead atoms. The van der Waals surface area contributed by atoms with Crippen LogP contribution in [-0.4, -0.2) is 11.6 Å². The highest BCUT2D eigenvalue weighted by Crippen LogP contribution is 2.09. The fraction of sp³-hybridized carbons (Fsp3) is 0.176. The van der Waals surface area contributed by atoms with E-state index in [0.717, 1.165) is 11.3 Å². The first-order valence-corrected chi connectivity index (χ1v) is 6.77. The largest absolute Gasteiger partial charge is 0.271 e. The highest BCUT2D eigenvalue weighted by Gasteiger charge is 2.10. The summed E-state index contributed by atoms with van der Waals surface area (Å²) >= 11 is 0. The molecule has 0 fully saturated rings. The zero-order valence-corrected chi connectivity index (χ0v) is 12.0. The standard InChI is InChI=1S/C17H17FN2O/c1-12(2)16(13-7-4-3-5-8-13)19-20-17(21)14-9-6-10-15(18)11-14/h3-12H,1-2H3,(H,20,21)/b19-16-. The Morgan fingerprint density at radius 2 is 1.71 bits per heavy atom. The topological polar surface area (TPSA) is 41.5 Å². The highest BCUT2D eigenvalue weighted by molar-refractivity contribution is 6.03. The van der Waals surface area contributed by atoms with Gasteiger partial charge in [-0.15, -0.1) is 0 Å². The maximum absolute atomic E-state index is 13.1. The molecule has 0 aliphatic carbocycles. The van der Waals surface area contributed by atoms with Gasteiger partial charge in [-0.3, -0.25) is 4.79 Å². The summed E-state index contributed by atoms with van der Waals surface area (Å²) < 4.78 is 13.1. The maximum atomic E-state index is 13.1. The van der Waals surface area contributed by atoms with Crippen LogP contribution >= 0.6 is 0 Å². The summed E-state index contributed by atoms with van der Waals surface area (Å²) in [7, 11) is 0. The zero-order chi connectivity index (χ0) is 15.2. The van der Waals surface area contributed by atoms with E-state index in [9.17, 15) is 9.18 Å². The van der Waals surface area contributed by atoms with Crippen LogP contribution in [0.15, 0.2) is 59.7 Å². The van der Waals surface area contributed by atoms with Gasteiger partial charge >= 0.3 is 0 Å². The Labute approximate surface area is 123 Å². The van der Waals surface area contributed by atoms with E-state index in [4.69, 9.17) is 0 Å². The van der Waals surface area contributed by atoms with Crippen LogP contribution in [0.4, 0.5) is 4.39 Å². The van der Waals surface area contributed by atoms with Crippen LogP contribution in [0.5, 0.6) is 0 Å². The van der Waals surface area contributed by atoms with Crippen molar-refractivity contribution in [2.45, 2.75) is 13.8 Å². The number of nitrogens with one attached hydrogen (secondary N) is 1. The van der Waals surface area contributed by atoms with Crippen molar-refractivity contribution in [3.05, 3.63) is 71.5 Å². The summed E-state index contributed by atoms with van der Waals surface area (Å²) in [6.07, 6.45) is 0. The first-order chi connectivity index (χ1) is 10.1. The number of halogens is 1. The molecule has 1 amide bonds. The van der Waals surface area contributed by atoms with E-state index in [1.54, 1.807) is 6.07 Å². The van der Waals surface area contributed by atoms with Crippen LogP contribution in [0.25, 0.3) is 0 Å². The zero-order valence-electron chi connectivity index (χ0n) is 12.0. The summed E-state index contributed by atoms with van der Waals surface area (Å²) in [4.78, 5) is 12.0. The van der Waals surface area contributed by atoms with Crippen molar-refractivity contribution in [1.82, 2.24) is 5.43 Å². The molecular weight excluding hydrogens is 267 g/mol. The molecule has 1 N–H and O–H groups in total. The second-order valence-electron chi connectivity index (χ2n) is 4.97. The average molecular weight is 284 g/mol. The molecule has 0 saturated heterocycles. The van der Waals surface area contributed by atoms with Gasteiger partial charge in [-0.05, 0) is 29.7 Å². The maximum Gasteiger partial charge on any atom is 0.271 e. The van der Waals surface area contributed by atoms with Crippen LogP contribution < -0.4 is 5.43 Å². The van der Waals surface area contributed by atoms with E-state index in [1.165, 1.54) is 18.2 Å². The normalized spacial score (nSPS) is 11.5. The molecule has 0 radical (unpaired) electrons. The first kappa shape index (κ1) is 14.9. The van der Waals surface area contributed by atoms with E-state index < -0.39 is 11.7 Å². The number of rotatable bonds is 4. The quantitative estimate of drug-likeness (QED) is 0.676. The van der Waals surface area contributed by atoms with Gasteiger partial charge in [0.05, 0.1) is 5.71 Å². The molecule has 0 saturated carbocycles. The van der Waals surface area contributed by atoms with E-state index in [0.29, 0.717) is 0 Å². The average Bonchev–Trinajstić information content (AvgIpc) is 2.48. The molecule has 108 valence electrons. The van der Waals surface area contributed by atoms with E-state index >= 15 is 0 Å². The smallest absolute Gasteiger partial charge is 0.267 e. The van der Waals surface area contributed by atoms with E-state index in [2.05, 4.69) is 10.5 Å². The lowest BCUT2D eigenvalue weighted by molar-refractivity contribution is 0.0954. The number of benzene rings is 2. The molecule has 0 aliphatic rings. The second-order valence-corrected chi connectivity index (χ2v) is 4.97.